The molecule has 1 aromatic rings. The van der Waals surface area contributed by atoms with Crippen molar-refractivity contribution in [2.75, 3.05) is 13.2 Å². The van der Waals surface area contributed by atoms with Gasteiger partial charge in [0.2, 0.25) is 0 Å². The van der Waals surface area contributed by atoms with Crippen LogP contribution in [0.4, 0.5) is 0 Å². The van der Waals surface area contributed by atoms with Crippen molar-refractivity contribution >= 4 is 0 Å². The van der Waals surface area contributed by atoms with Crippen molar-refractivity contribution < 1.29 is 9.84 Å². The monoisotopic (exact) mass is 230 g/mol. The van der Waals surface area contributed by atoms with E-state index in [-0.39, 0.29) is 12.2 Å². The summed E-state index contributed by atoms with van der Waals surface area (Å²) in [5, 5.41) is 18.9. The zero-order valence-electron chi connectivity index (χ0n) is 10.7. The first-order valence-corrected chi connectivity index (χ1v) is 5.34. The van der Waals surface area contributed by atoms with Crippen LogP contribution in [0.1, 0.15) is 40.7 Å². The van der Waals surface area contributed by atoms with Gasteiger partial charge in [0.15, 0.2) is 0 Å². The van der Waals surface area contributed by atoms with Crippen LogP contribution in [-0.4, -0.2) is 44.1 Å². The van der Waals surface area contributed by atoms with E-state index >= 15 is 0 Å². The number of tetrazole rings is 1. The highest BCUT2D eigenvalue weighted by atomic mass is 16.5. The molecule has 6 heteroatoms. The van der Waals surface area contributed by atoms with Gasteiger partial charge in [-0.2, -0.15) is 0 Å². The maximum atomic E-state index is 8.30. The van der Waals surface area contributed by atoms with Gasteiger partial charge in [-0.05, 0) is 45.0 Å². The molecule has 0 saturated carbocycles. The second kappa shape index (κ2) is 7.29. The van der Waals surface area contributed by atoms with Crippen LogP contribution in [0.3, 0.4) is 0 Å². The normalized spacial score (nSPS) is 11.2. The first-order chi connectivity index (χ1) is 7.37. The third-order valence-corrected chi connectivity index (χ3v) is 1.52. The largest absolute Gasteiger partial charge is 0.394 e. The molecule has 0 bridgehead atoms. The number of rotatable bonds is 3. The van der Waals surface area contributed by atoms with E-state index in [1.54, 1.807) is 11.0 Å². The second-order valence-electron chi connectivity index (χ2n) is 4.57. The lowest BCUT2D eigenvalue weighted by Gasteiger charge is -2.18. The number of aliphatic hydroxyl groups excluding tert-OH is 1. The molecule has 94 valence electrons. The van der Waals surface area contributed by atoms with Crippen molar-refractivity contribution in [3.63, 3.8) is 0 Å². The first-order valence-electron chi connectivity index (χ1n) is 5.34. The van der Waals surface area contributed by atoms with Crippen LogP contribution in [0, 0.1) is 0 Å². The summed E-state index contributed by atoms with van der Waals surface area (Å²) in [5.41, 5.74) is -0.108. The van der Waals surface area contributed by atoms with Crippen molar-refractivity contribution in [2.24, 2.45) is 0 Å². The van der Waals surface area contributed by atoms with E-state index in [1.807, 2.05) is 34.6 Å². The molecule has 0 saturated heterocycles. The standard InChI is InChI=1S/C6H14O2.C4H8N4/c1-6(2,3)8-5-4-7;1-4(2)8-3-5-6-7-8/h7H,4-5H2,1-3H3;3-4H,1-2H3. The van der Waals surface area contributed by atoms with E-state index in [2.05, 4.69) is 15.5 Å². The van der Waals surface area contributed by atoms with Crippen molar-refractivity contribution in [1.82, 2.24) is 20.2 Å². The first kappa shape index (κ1) is 15.0. The minimum Gasteiger partial charge on any atom is -0.394 e. The van der Waals surface area contributed by atoms with Gasteiger partial charge in [-0.3, -0.25) is 0 Å². The van der Waals surface area contributed by atoms with Gasteiger partial charge in [0.1, 0.15) is 6.33 Å². The van der Waals surface area contributed by atoms with Crippen LogP contribution in [-0.2, 0) is 4.74 Å². The number of aromatic nitrogens is 4. The summed E-state index contributed by atoms with van der Waals surface area (Å²) in [4.78, 5) is 0. The fraction of sp³-hybridized carbons (Fsp3) is 0.900. The summed E-state index contributed by atoms with van der Waals surface area (Å²) in [5.74, 6) is 0. The van der Waals surface area contributed by atoms with Crippen LogP contribution >= 0.6 is 0 Å². The molecular formula is C10H22N4O2. The van der Waals surface area contributed by atoms with Gasteiger partial charge in [0.05, 0.1) is 18.8 Å². The molecule has 0 atom stereocenters. The highest BCUT2D eigenvalue weighted by Gasteiger charge is 2.07. The Labute approximate surface area is 96.6 Å². The molecule has 0 radical (unpaired) electrons. The predicted molar refractivity (Wildman–Crippen MR) is 61.0 cm³/mol. The van der Waals surface area contributed by atoms with E-state index in [4.69, 9.17) is 9.84 Å². The third kappa shape index (κ3) is 8.31. The maximum absolute atomic E-state index is 8.30. The molecule has 1 aromatic heterocycles. The van der Waals surface area contributed by atoms with Crippen molar-refractivity contribution in [3.05, 3.63) is 6.33 Å². The average molecular weight is 230 g/mol. The van der Waals surface area contributed by atoms with Crippen molar-refractivity contribution in [1.29, 1.82) is 0 Å². The Hall–Kier alpha value is -1.01. The summed E-state index contributed by atoms with van der Waals surface area (Å²) in [6, 6.07) is 0.366. The molecule has 1 N–H and O–H groups in total. The zero-order valence-corrected chi connectivity index (χ0v) is 10.7. The van der Waals surface area contributed by atoms with E-state index in [1.165, 1.54) is 0 Å². The Kier molecular flexibility index (Phi) is 6.83. The highest BCUT2D eigenvalue weighted by Crippen LogP contribution is 2.04. The number of aliphatic hydroxyl groups is 1. The molecule has 0 aliphatic heterocycles. The molecule has 16 heavy (non-hydrogen) atoms. The van der Waals surface area contributed by atoms with Crippen molar-refractivity contribution in [3.8, 4) is 0 Å². The minimum absolute atomic E-state index is 0.108. The quantitative estimate of drug-likeness (QED) is 0.840. The molecule has 1 rings (SSSR count). The zero-order chi connectivity index (χ0) is 12.6. The summed E-state index contributed by atoms with van der Waals surface area (Å²) in [6.07, 6.45) is 1.60. The molecule has 6 nitrogen and oxygen atoms in total. The molecule has 0 aliphatic carbocycles. The van der Waals surface area contributed by atoms with Gasteiger partial charge in [0, 0.05) is 6.04 Å². The molecule has 0 spiro atoms. The van der Waals surface area contributed by atoms with Crippen LogP contribution in [0.25, 0.3) is 0 Å². The maximum Gasteiger partial charge on any atom is 0.138 e. The SMILES string of the molecule is CC(C)(C)OCCO.CC(C)n1cnnn1. The number of hydrogen-bond acceptors (Lipinski definition) is 5. The third-order valence-electron chi connectivity index (χ3n) is 1.52. The van der Waals surface area contributed by atoms with Crippen LogP contribution in [0.15, 0.2) is 6.33 Å². The Bertz CT molecular complexity index is 254. The lowest BCUT2D eigenvalue weighted by Crippen LogP contribution is -2.20. The van der Waals surface area contributed by atoms with Gasteiger partial charge >= 0.3 is 0 Å². The molecule has 0 aromatic carbocycles. The smallest absolute Gasteiger partial charge is 0.138 e. The van der Waals surface area contributed by atoms with Crippen LogP contribution in [0.5, 0.6) is 0 Å². The van der Waals surface area contributed by atoms with Gasteiger partial charge in [-0.1, -0.05) is 0 Å². The van der Waals surface area contributed by atoms with E-state index in [0.717, 1.165) is 0 Å². The van der Waals surface area contributed by atoms with E-state index < -0.39 is 0 Å². The fourth-order valence-corrected chi connectivity index (χ4v) is 0.757. The highest BCUT2D eigenvalue weighted by molar-refractivity contribution is 4.57. The summed E-state index contributed by atoms with van der Waals surface area (Å²) < 4.78 is 6.82. The van der Waals surface area contributed by atoms with E-state index in [0.29, 0.717) is 12.6 Å². The molecule has 0 aliphatic rings. The molecule has 1 heterocycles. The molecular weight excluding hydrogens is 208 g/mol. The van der Waals surface area contributed by atoms with Crippen molar-refractivity contribution in [2.45, 2.75) is 46.3 Å². The average Bonchev–Trinajstić information content (AvgIpc) is 2.67. The Morgan fingerprint density at radius 3 is 2.19 bits per heavy atom. The van der Waals surface area contributed by atoms with Gasteiger partial charge in [-0.25, -0.2) is 4.68 Å². The summed E-state index contributed by atoms with van der Waals surface area (Å²) >= 11 is 0. The van der Waals surface area contributed by atoms with E-state index in [9.17, 15) is 0 Å². The number of hydrogen-bond donors (Lipinski definition) is 1. The lowest BCUT2D eigenvalue weighted by molar-refractivity contribution is -0.0199. The van der Waals surface area contributed by atoms with Crippen LogP contribution < -0.4 is 0 Å². The Morgan fingerprint density at radius 1 is 1.38 bits per heavy atom. The Morgan fingerprint density at radius 2 is 2.00 bits per heavy atom. The number of nitrogens with zero attached hydrogens (tertiary/aromatic N) is 4. The lowest BCUT2D eigenvalue weighted by atomic mass is 10.2. The van der Waals surface area contributed by atoms with Gasteiger partial charge in [-0.15, -0.1) is 5.10 Å². The van der Waals surface area contributed by atoms with Gasteiger partial charge < -0.3 is 9.84 Å². The minimum atomic E-state index is -0.108. The van der Waals surface area contributed by atoms with Crippen LogP contribution in [0.2, 0.25) is 0 Å². The molecule has 0 unspecified atom stereocenters. The summed E-state index contributed by atoms with van der Waals surface area (Å²) in [6.45, 7) is 10.5. The molecule has 0 amide bonds. The second-order valence-corrected chi connectivity index (χ2v) is 4.57. The Balaban J connectivity index is 0.000000281. The molecule has 0 fully saturated rings. The fourth-order valence-electron chi connectivity index (χ4n) is 0.757. The summed E-state index contributed by atoms with van der Waals surface area (Å²) in [7, 11) is 0. The van der Waals surface area contributed by atoms with Gasteiger partial charge in [0.25, 0.3) is 0 Å². The predicted octanol–water partition coefficient (Wildman–Crippen LogP) is 1.05. The number of ether oxygens (including phenoxy) is 1. The topological polar surface area (TPSA) is 73.1 Å².